The van der Waals surface area contributed by atoms with Crippen LogP contribution in [-0.4, -0.2) is 43.4 Å². The van der Waals surface area contributed by atoms with E-state index in [9.17, 15) is 0 Å². The zero-order valence-corrected chi connectivity index (χ0v) is 12.6. The van der Waals surface area contributed by atoms with Gasteiger partial charge in [-0.25, -0.2) is 0 Å². The summed E-state index contributed by atoms with van der Waals surface area (Å²) >= 11 is 0. The summed E-state index contributed by atoms with van der Waals surface area (Å²) in [6.45, 7) is 5.17. The topological polar surface area (TPSA) is 41.9 Å². The number of ether oxygens (including phenoxy) is 2. The molecule has 0 amide bonds. The molecule has 0 aliphatic rings. The molecule has 0 heterocycles. The number of aliphatic hydroxyl groups is 1. The maximum Gasteiger partial charge on any atom is 0.123 e. The van der Waals surface area contributed by atoms with Crippen molar-refractivity contribution in [3.05, 3.63) is 23.8 Å². The van der Waals surface area contributed by atoms with Crippen LogP contribution in [0.5, 0.6) is 11.5 Å². The van der Waals surface area contributed by atoms with Crippen LogP contribution in [0.1, 0.15) is 25.8 Å². The maximum atomic E-state index is 9.13. The summed E-state index contributed by atoms with van der Waals surface area (Å²) in [6, 6.07) is 5.80. The third-order valence-corrected chi connectivity index (χ3v) is 3.65. The Balaban J connectivity index is 2.91. The minimum atomic E-state index is -0.0666. The van der Waals surface area contributed by atoms with Crippen LogP contribution in [0.4, 0.5) is 0 Å². The molecule has 0 bridgehead atoms. The molecule has 1 aromatic rings. The van der Waals surface area contributed by atoms with Crippen LogP contribution in [0, 0.1) is 0 Å². The Labute approximate surface area is 115 Å². The van der Waals surface area contributed by atoms with Crippen LogP contribution < -0.4 is 9.47 Å². The number of hydrogen-bond donors (Lipinski definition) is 1. The van der Waals surface area contributed by atoms with Gasteiger partial charge in [-0.3, -0.25) is 4.90 Å². The summed E-state index contributed by atoms with van der Waals surface area (Å²) in [5.41, 5.74) is 1.01. The third kappa shape index (κ3) is 4.11. The van der Waals surface area contributed by atoms with Crippen molar-refractivity contribution in [2.75, 3.05) is 27.9 Å². The van der Waals surface area contributed by atoms with E-state index in [1.165, 1.54) is 0 Å². The Hall–Kier alpha value is -1.26. The van der Waals surface area contributed by atoms with E-state index in [-0.39, 0.29) is 12.1 Å². The fraction of sp³-hybridized carbons (Fsp3) is 0.600. The summed E-state index contributed by atoms with van der Waals surface area (Å²) in [7, 11) is 5.38. The van der Waals surface area contributed by atoms with Gasteiger partial charge < -0.3 is 14.6 Å². The van der Waals surface area contributed by atoms with Crippen molar-refractivity contribution < 1.29 is 14.6 Å². The lowest BCUT2D eigenvalue weighted by molar-refractivity contribution is 0.109. The zero-order valence-electron chi connectivity index (χ0n) is 12.6. The van der Waals surface area contributed by atoms with E-state index in [0.29, 0.717) is 0 Å². The van der Waals surface area contributed by atoms with Crippen LogP contribution in [0.2, 0.25) is 0 Å². The second-order valence-corrected chi connectivity index (χ2v) is 5.32. The number of rotatable bonds is 7. The number of benzene rings is 1. The average molecular weight is 267 g/mol. The molecule has 0 spiro atoms. The molecular formula is C15H25NO3. The van der Waals surface area contributed by atoms with Crippen LogP contribution in [0.3, 0.4) is 0 Å². The van der Waals surface area contributed by atoms with E-state index in [1.807, 2.05) is 18.2 Å². The Bertz CT molecular complexity index is 404. The van der Waals surface area contributed by atoms with E-state index < -0.39 is 0 Å². The standard InChI is InChI=1S/C15H25NO3/c1-15(2,8-9-17)16(3)11-12-10-13(18-4)6-7-14(12)19-5/h6-7,10,17H,8-9,11H2,1-5H3. The molecule has 108 valence electrons. The van der Waals surface area contributed by atoms with Crippen LogP contribution in [0.15, 0.2) is 18.2 Å². The molecule has 0 aliphatic carbocycles. The maximum absolute atomic E-state index is 9.13. The van der Waals surface area contributed by atoms with Crippen molar-refractivity contribution in [3.63, 3.8) is 0 Å². The van der Waals surface area contributed by atoms with Crippen molar-refractivity contribution in [1.82, 2.24) is 4.90 Å². The minimum Gasteiger partial charge on any atom is -0.497 e. The second kappa shape index (κ2) is 6.78. The predicted octanol–water partition coefficient (Wildman–Crippen LogP) is 2.30. The van der Waals surface area contributed by atoms with Crippen molar-refractivity contribution in [3.8, 4) is 11.5 Å². The normalized spacial score (nSPS) is 11.7. The molecule has 0 aromatic heterocycles. The van der Waals surface area contributed by atoms with Crippen LogP contribution in [-0.2, 0) is 6.54 Å². The predicted molar refractivity (Wildman–Crippen MR) is 76.8 cm³/mol. The van der Waals surface area contributed by atoms with Crippen molar-refractivity contribution in [2.45, 2.75) is 32.4 Å². The van der Waals surface area contributed by atoms with Gasteiger partial charge in [-0.2, -0.15) is 0 Å². The molecule has 4 nitrogen and oxygen atoms in total. The van der Waals surface area contributed by atoms with E-state index in [2.05, 4.69) is 25.8 Å². The SMILES string of the molecule is COc1ccc(OC)c(CN(C)C(C)(C)CCO)c1. The molecule has 0 fully saturated rings. The zero-order chi connectivity index (χ0) is 14.5. The van der Waals surface area contributed by atoms with Crippen molar-refractivity contribution >= 4 is 0 Å². The molecular weight excluding hydrogens is 242 g/mol. The Morgan fingerprint density at radius 2 is 1.89 bits per heavy atom. The van der Waals surface area contributed by atoms with E-state index in [0.717, 1.165) is 30.0 Å². The Morgan fingerprint density at radius 3 is 2.42 bits per heavy atom. The first-order valence-corrected chi connectivity index (χ1v) is 6.47. The van der Waals surface area contributed by atoms with Crippen LogP contribution in [0.25, 0.3) is 0 Å². The van der Waals surface area contributed by atoms with Crippen LogP contribution >= 0.6 is 0 Å². The first-order valence-electron chi connectivity index (χ1n) is 6.47. The van der Waals surface area contributed by atoms with Gasteiger partial charge in [0.05, 0.1) is 14.2 Å². The van der Waals surface area contributed by atoms with Gasteiger partial charge in [0.1, 0.15) is 11.5 Å². The fourth-order valence-electron chi connectivity index (χ4n) is 1.94. The van der Waals surface area contributed by atoms with E-state index >= 15 is 0 Å². The highest BCUT2D eigenvalue weighted by atomic mass is 16.5. The number of methoxy groups -OCH3 is 2. The quantitative estimate of drug-likeness (QED) is 0.823. The molecule has 4 heteroatoms. The summed E-state index contributed by atoms with van der Waals surface area (Å²) in [5.74, 6) is 1.68. The van der Waals surface area contributed by atoms with Gasteiger partial charge in [0.25, 0.3) is 0 Å². The lowest BCUT2D eigenvalue weighted by Crippen LogP contribution is -2.41. The van der Waals surface area contributed by atoms with E-state index in [4.69, 9.17) is 14.6 Å². The highest BCUT2D eigenvalue weighted by Crippen LogP contribution is 2.27. The smallest absolute Gasteiger partial charge is 0.123 e. The third-order valence-electron chi connectivity index (χ3n) is 3.65. The molecule has 0 radical (unpaired) electrons. The number of nitrogens with zero attached hydrogens (tertiary/aromatic N) is 1. The summed E-state index contributed by atoms with van der Waals surface area (Å²) in [6.07, 6.45) is 0.732. The van der Waals surface area contributed by atoms with Gasteiger partial charge in [-0.15, -0.1) is 0 Å². The highest BCUT2D eigenvalue weighted by molar-refractivity contribution is 5.40. The summed E-state index contributed by atoms with van der Waals surface area (Å²) in [5, 5.41) is 9.13. The average Bonchev–Trinajstić information content (AvgIpc) is 2.38. The van der Waals surface area contributed by atoms with Gasteiger partial charge in [0.2, 0.25) is 0 Å². The second-order valence-electron chi connectivity index (χ2n) is 5.32. The monoisotopic (exact) mass is 267 g/mol. The van der Waals surface area contributed by atoms with Gasteiger partial charge in [-0.1, -0.05) is 0 Å². The molecule has 1 N–H and O–H groups in total. The van der Waals surface area contributed by atoms with Gasteiger partial charge in [0.15, 0.2) is 0 Å². The first-order chi connectivity index (χ1) is 8.94. The highest BCUT2D eigenvalue weighted by Gasteiger charge is 2.23. The molecule has 1 aromatic carbocycles. The van der Waals surface area contributed by atoms with Gasteiger partial charge in [0, 0.05) is 24.3 Å². The fourth-order valence-corrected chi connectivity index (χ4v) is 1.94. The lowest BCUT2D eigenvalue weighted by Gasteiger charge is -2.35. The molecule has 0 atom stereocenters. The number of hydrogen-bond acceptors (Lipinski definition) is 4. The Morgan fingerprint density at radius 1 is 1.21 bits per heavy atom. The van der Waals surface area contributed by atoms with Gasteiger partial charge >= 0.3 is 0 Å². The van der Waals surface area contributed by atoms with Crippen molar-refractivity contribution in [2.24, 2.45) is 0 Å². The van der Waals surface area contributed by atoms with E-state index in [1.54, 1.807) is 14.2 Å². The largest absolute Gasteiger partial charge is 0.497 e. The molecule has 0 saturated carbocycles. The summed E-state index contributed by atoms with van der Waals surface area (Å²) < 4.78 is 10.6. The van der Waals surface area contributed by atoms with Gasteiger partial charge in [-0.05, 0) is 45.5 Å². The molecule has 0 saturated heterocycles. The Kier molecular flexibility index (Phi) is 5.63. The molecule has 1 rings (SSSR count). The lowest BCUT2D eigenvalue weighted by atomic mass is 9.98. The minimum absolute atomic E-state index is 0.0666. The molecule has 0 aliphatic heterocycles. The van der Waals surface area contributed by atoms with Crippen molar-refractivity contribution in [1.29, 1.82) is 0 Å². The molecule has 0 unspecified atom stereocenters. The number of aliphatic hydroxyl groups excluding tert-OH is 1. The molecule has 19 heavy (non-hydrogen) atoms. The first kappa shape index (κ1) is 15.8. The summed E-state index contributed by atoms with van der Waals surface area (Å²) in [4.78, 5) is 2.21.